The van der Waals surface area contributed by atoms with Gasteiger partial charge in [0.1, 0.15) is 11.3 Å². The Bertz CT molecular complexity index is 1830. The number of fused-ring (bicyclic) bond motifs is 1. The monoisotopic (exact) mass is 545 g/mol. The number of ether oxygens (including phenoxy) is 1. The Morgan fingerprint density at radius 1 is 0.975 bits per heavy atom. The predicted molar refractivity (Wildman–Crippen MR) is 140 cm³/mol. The largest absolute Gasteiger partial charge is 0.452 e. The number of anilines is 1. The zero-order valence-electron chi connectivity index (χ0n) is 20.4. The molecule has 2 aromatic heterocycles. The number of para-hydroxylation sites is 2. The molecule has 11 heteroatoms. The van der Waals surface area contributed by atoms with Gasteiger partial charge in [0.05, 0.1) is 16.9 Å². The van der Waals surface area contributed by atoms with Crippen molar-refractivity contribution < 1.29 is 31.9 Å². The highest BCUT2D eigenvalue weighted by molar-refractivity contribution is 5.95. The Hall–Kier alpha value is -5.45. The summed E-state index contributed by atoms with van der Waals surface area (Å²) in [5.74, 6) is -6.66. The number of nitrogens with one attached hydrogen (secondary N) is 1. The standard InChI is InChI=1S/C29H18F3N3O5/c30-21-11-12-22(27(32)26(21)31)33-24(36)16-39-25(37)13-10-18-15-35(19-7-2-1-3-8-19)34-28(18)20-14-17-6-4-5-9-23(17)40-29(20)38/h1-15H,16H2,(H,33,36). The molecule has 0 aliphatic carbocycles. The first kappa shape index (κ1) is 26.2. The fourth-order valence-corrected chi connectivity index (χ4v) is 3.81. The summed E-state index contributed by atoms with van der Waals surface area (Å²) in [5, 5.41) is 7.21. The molecule has 0 saturated heterocycles. The number of hydrogen-bond donors (Lipinski definition) is 1. The summed E-state index contributed by atoms with van der Waals surface area (Å²) in [4.78, 5) is 37.2. The highest BCUT2D eigenvalue weighted by Crippen LogP contribution is 2.25. The van der Waals surface area contributed by atoms with E-state index < -0.39 is 47.2 Å². The zero-order chi connectivity index (χ0) is 28.2. The van der Waals surface area contributed by atoms with Crippen LogP contribution in [0.1, 0.15) is 5.56 Å². The van der Waals surface area contributed by atoms with Crippen molar-refractivity contribution in [3.8, 4) is 16.9 Å². The molecule has 1 N–H and O–H groups in total. The van der Waals surface area contributed by atoms with Crippen LogP contribution in [0.15, 0.2) is 94.3 Å². The highest BCUT2D eigenvalue weighted by atomic mass is 19.2. The van der Waals surface area contributed by atoms with E-state index in [1.807, 2.05) is 23.5 Å². The maximum absolute atomic E-state index is 13.8. The lowest BCUT2D eigenvalue weighted by molar-refractivity contribution is -0.142. The number of aromatic nitrogens is 2. The molecular formula is C29H18F3N3O5. The van der Waals surface area contributed by atoms with E-state index in [-0.39, 0.29) is 11.3 Å². The van der Waals surface area contributed by atoms with Gasteiger partial charge in [0.2, 0.25) is 0 Å². The Morgan fingerprint density at radius 3 is 2.52 bits per heavy atom. The molecule has 0 spiro atoms. The van der Waals surface area contributed by atoms with Crippen molar-refractivity contribution in [3.05, 3.63) is 119 Å². The molecule has 0 fully saturated rings. The predicted octanol–water partition coefficient (Wildman–Crippen LogP) is 5.26. The van der Waals surface area contributed by atoms with Gasteiger partial charge in [-0.3, -0.25) is 4.79 Å². The Kier molecular flexibility index (Phi) is 7.27. The second-order valence-electron chi connectivity index (χ2n) is 8.41. The molecule has 8 nitrogen and oxygen atoms in total. The van der Waals surface area contributed by atoms with Crippen molar-refractivity contribution in [2.24, 2.45) is 0 Å². The van der Waals surface area contributed by atoms with Crippen molar-refractivity contribution in [2.75, 3.05) is 11.9 Å². The summed E-state index contributed by atoms with van der Waals surface area (Å²) in [6.07, 6.45) is 3.97. The number of nitrogens with zero attached hydrogens (tertiary/aromatic N) is 2. The molecule has 0 saturated carbocycles. The molecule has 200 valence electrons. The van der Waals surface area contributed by atoms with Crippen LogP contribution in [0.3, 0.4) is 0 Å². The summed E-state index contributed by atoms with van der Waals surface area (Å²) < 4.78 is 52.0. The molecule has 0 aliphatic heterocycles. The van der Waals surface area contributed by atoms with Crippen LogP contribution in [-0.4, -0.2) is 28.3 Å². The van der Waals surface area contributed by atoms with Crippen molar-refractivity contribution in [1.82, 2.24) is 9.78 Å². The van der Waals surface area contributed by atoms with Gasteiger partial charge in [0, 0.05) is 23.2 Å². The molecule has 0 atom stereocenters. The summed E-state index contributed by atoms with van der Waals surface area (Å²) >= 11 is 0. The van der Waals surface area contributed by atoms with E-state index in [1.165, 1.54) is 10.8 Å². The minimum atomic E-state index is -1.75. The second kappa shape index (κ2) is 11.1. The van der Waals surface area contributed by atoms with Crippen molar-refractivity contribution in [2.45, 2.75) is 0 Å². The molecule has 0 radical (unpaired) electrons. The van der Waals surface area contributed by atoms with E-state index in [2.05, 4.69) is 5.10 Å². The molecule has 0 aliphatic rings. The summed E-state index contributed by atoms with van der Waals surface area (Å²) in [5.41, 5.74) is 0.626. The van der Waals surface area contributed by atoms with Gasteiger partial charge >= 0.3 is 11.6 Å². The van der Waals surface area contributed by atoms with E-state index in [0.717, 1.165) is 12.1 Å². The lowest BCUT2D eigenvalue weighted by Crippen LogP contribution is -2.21. The smallest absolute Gasteiger partial charge is 0.345 e. The van der Waals surface area contributed by atoms with Crippen LogP contribution in [0.2, 0.25) is 0 Å². The molecule has 1 amide bonds. The maximum atomic E-state index is 13.8. The molecule has 40 heavy (non-hydrogen) atoms. The summed E-state index contributed by atoms with van der Waals surface area (Å²) in [7, 11) is 0. The molecular weight excluding hydrogens is 527 g/mol. The number of esters is 1. The van der Waals surface area contributed by atoms with Gasteiger partial charge in [-0.1, -0.05) is 36.4 Å². The van der Waals surface area contributed by atoms with Gasteiger partial charge in [-0.25, -0.2) is 27.4 Å². The first-order valence-corrected chi connectivity index (χ1v) is 11.8. The molecule has 0 unspecified atom stereocenters. The number of benzene rings is 3. The summed E-state index contributed by atoms with van der Waals surface area (Å²) in [6, 6.07) is 19.1. The van der Waals surface area contributed by atoms with E-state index in [0.29, 0.717) is 28.3 Å². The average molecular weight is 545 g/mol. The van der Waals surface area contributed by atoms with Crippen LogP contribution in [0.4, 0.5) is 18.9 Å². The minimum Gasteiger partial charge on any atom is -0.452 e. The van der Waals surface area contributed by atoms with Crippen LogP contribution in [0.25, 0.3) is 34.0 Å². The number of rotatable bonds is 7. The first-order chi connectivity index (χ1) is 19.3. The highest BCUT2D eigenvalue weighted by Gasteiger charge is 2.18. The van der Waals surface area contributed by atoms with Crippen LogP contribution in [-0.2, 0) is 14.3 Å². The van der Waals surface area contributed by atoms with Gasteiger partial charge in [-0.2, -0.15) is 5.10 Å². The third kappa shape index (κ3) is 5.53. The van der Waals surface area contributed by atoms with Crippen LogP contribution in [0, 0.1) is 17.5 Å². The number of carbonyl (C=O) groups excluding carboxylic acids is 2. The normalized spacial score (nSPS) is 11.2. The molecule has 5 rings (SSSR count). The maximum Gasteiger partial charge on any atom is 0.345 e. The minimum absolute atomic E-state index is 0.161. The summed E-state index contributed by atoms with van der Waals surface area (Å²) in [6.45, 7) is -0.827. The van der Waals surface area contributed by atoms with Crippen LogP contribution in [0.5, 0.6) is 0 Å². The van der Waals surface area contributed by atoms with Gasteiger partial charge in [-0.05, 0) is 42.5 Å². The molecule has 5 aromatic rings. The Labute approximate surface area is 223 Å². The number of hydrogen-bond acceptors (Lipinski definition) is 6. The van der Waals surface area contributed by atoms with Crippen LogP contribution >= 0.6 is 0 Å². The lowest BCUT2D eigenvalue weighted by Gasteiger charge is -2.07. The van der Waals surface area contributed by atoms with E-state index in [4.69, 9.17) is 9.15 Å². The fraction of sp³-hybridized carbons (Fsp3) is 0.0345. The van der Waals surface area contributed by atoms with E-state index in [9.17, 15) is 27.6 Å². The average Bonchev–Trinajstić information content (AvgIpc) is 3.39. The molecule has 3 aromatic carbocycles. The van der Waals surface area contributed by atoms with Gasteiger partial charge in [-0.15, -0.1) is 0 Å². The lowest BCUT2D eigenvalue weighted by atomic mass is 10.1. The number of halogens is 3. The Morgan fingerprint density at radius 2 is 1.73 bits per heavy atom. The van der Waals surface area contributed by atoms with Crippen molar-refractivity contribution in [1.29, 1.82) is 0 Å². The van der Waals surface area contributed by atoms with E-state index >= 15 is 0 Å². The zero-order valence-corrected chi connectivity index (χ0v) is 20.4. The molecule has 2 heterocycles. The quantitative estimate of drug-likeness (QED) is 0.130. The second-order valence-corrected chi connectivity index (χ2v) is 8.41. The van der Waals surface area contributed by atoms with Crippen molar-refractivity contribution in [3.63, 3.8) is 0 Å². The fourth-order valence-electron chi connectivity index (χ4n) is 3.81. The Balaban J connectivity index is 1.37. The third-order valence-electron chi connectivity index (χ3n) is 5.71. The number of amides is 1. The third-order valence-corrected chi connectivity index (χ3v) is 5.71. The topological polar surface area (TPSA) is 103 Å². The SMILES string of the molecule is O=C(COC(=O)C=Cc1cn(-c2ccccc2)nc1-c1cc2ccccc2oc1=O)Nc1ccc(F)c(F)c1F. The molecule has 0 bridgehead atoms. The van der Waals surface area contributed by atoms with Crippen LogP contribution < -0.4 is 10.9 Å². The van der Waals surface area contributed by atoms with Gasteiger partial charge < -0.3 is 14.5 Å². The van der Waals surface area contributed by atoms with Gasteiger partial charge in [0.15, 0.2) is 24.1 Å². The first-order valence-electron chi connectivity index (χ1n) is 11.8. The van der Waals surface area contributed by atoms with E-state index in [1.54, 1.807) is 48.7 Å². The van der Waals surface area contributed by atoms with Crippen molar-refractivity contribution >= 4 is 34.6 Å². The van der Waals surface area contributed by atoms with Gasteiger partial charge in [0.25, 0.3) is 5.91 Å². The number of carbonyl (C=O) groups is 2.